The fourth-order valence-corrected chi connectivity index (χ4v) is 2.73. The van der Waals surface area contributed by atoms with Crippen molar-refractivity contribution in [3.05, 3.63) is 12.8 Å². The molecular weight excluding hydrogens is 500 g/mol. The average molecular weight is 555 g/mol. The van der Waals surface area contributed by atoms with Gasteiger partial charge in [-0.2, -0.15) is 0 Å². The van der Waals surface area contributed by atoms with Crippen LogP contribution < -0.4 is 0 Å². The first-order chi connectivity index (χ1) is 18.9. The van der Waals surface area contributed by atoms with Gasteiger partial charge in [-0.1, -0.05) is 26.3 Å². The maximum absolute atomic E-state index is 5.47. The topological polar surface area (TPSA) is 102 Å². The second-order valence-corrected chi connectivity index (χ2v) is 7.87. The van der Waals surface area contributed by atoms with Crippen molar-refractivity contribution in [2.45, 2.75) is 26.2 Å². The molecule has 0 spiro atoms. The minimum Gasteiger partial charge on any atom is -0.499 e. The van der Waals surface area contributed by atoms with Crippen LogP contribution in [0, 0.1) is 0 Å². The zero-order chi connectivity index (χ0) is 27.5. The van der Waals surface area contributed by atoms with Crippen molar-refractivity contribution in [2.24, 2.45) is 0 Å². The molecule has 0 fully saturated rings. The lowest BCUT2D eigenvalue weighted by molar-refractivity contribution is -0.0269. The molecule has 0 aliphatic rings. The van der Waals surface area contributed by atoms with Crippen LogP contribution in [-0.4, -0.2) is 139 Å². The van der Waals surface area contributed by atoms with Gasteiger partial charge in [0.25, 0.3) is 0 Å². The highest BCUT2D eigenvalue weighted by atomic mass is 16.6. The molecule has 0 rings (SSSR count). The molecule has 0 unspecified atom stereocenters. The minimum atomic E-state index is 0.506. The van der Waals surface area contributed by atoms with Crippen molar-refractivity contribution in [2.75, 3.05) is 139 Å². The Bertz CT molecular complexity index is 430. The molecule has 0 amide bonds. The normalized spacial score (nSPS) is 11.3. The number of unbranched alkanes of at least 4 members (excludes halogenated alkanes) is 2. The third-order valence-corrected chi connectivity index (χ3v) is 4.70. The molecule has 11 nitrogen and oxygen atoms in total. The van der Waals surface area contributed by atoms with E-state index in [1.165, 1.54) is 19.1 Å². The van der Waals surface area contributed by atoms with Gasteiger partial charge in [-0.3, -0.25) is 0 Å². The summed E-state index contributed by atoms with van der Waals surface area (Å²) in [5.41, 5.74) is 0. The molecule has 0 saturated carbocycles. The van der Waals surface area contributed by atoms with E-state index in [0.717, 1.165) is 13.0 Å². The second kappa shape index (κ2) is 36.1. The van der Waals surface area contributed by atoms with E-state index >= 15 is 0 Å². The van der Waals surface area contributed by atoms with Gasteiger partial charge >= 0.3 is 0 Å². The first-order valence-electron chi connectivity index (χ1n) is 13.9. The molecule has 0 heterocycles. The number of hydrogen-bond donors (Lipinski definition) is 0. The zero-order valence-corrected chi connectivity index (χ0v) is 23.7. The highest BCUT2D eigenvalue weighted by molar-refractivity contribution is 4.47. The van der Waals surface area contributed by atoms with E-state index in [0.29, 0.717) is 132 Å². The molecule has 0 aromatic rings. The van der Waals surface area contributed by atoms with Gasteiger partial charge in [0.1, 0.15) is 6.61 Å². The summed E-state index contributed by atoms with van der Waals surface area (Å²) in [6.45, 7) is 17.3. The number of rotatable bonds is 35. The predicted octanol–water partition coefficient (Wildman–Crippen LogP) is 2.50. The van der Waals surface area contributed by atoms with Crippen LogP contribution in [-0.2, 0) is 52.1 Å². The highest BCUT2D eigenvalue weighted by Crippen LogP contribution is 1.94. The number of ether oxygens (including phenoxy) is 11. The first kappa shape index (κ1) is 37.1. The van der Waals surface area contributed by atoms with E-state index < -0.39 is 0 Å². The lowest BCUT2D eigenvalue weighted by atomic mass is 10.3. The summed E-state index contributed by atoms with van der Waals surface area (Å²) in [6, 6.07) is 0. The van der Waals surface area contributed by atoms with Gasteiger partial charge in [0.15, 0.2) is 0 Å². The van der Waals surface area contributed by atoms with Crippen molar-refractivity contribution < 1.29 is 52.1 Å². The summed E-state index contributed by atoms with van der Waals surface area (Å²) in [7, 11) is 0. The van der Waals surface area contributed by atoms with Gasteiger partial charge in [0.2, 0.25) is 0 Å². The van der Waals surface area contributed by atoms with Gasteiger partial charge in [-0.25, -0.2) is 0 Å². The average Bonchev–Trinajstić information content (AvgIpc) is 2.93. The summed E-state index contributed by atoms with van der Waals surface area (Å²) < 4.78 is 59.3. The largest absolute Gasteiger partial charge is 0.499 e. The van der Waals surface area contributed by atoms with Crippen LogP contribution in [0.4, 0.5) is 0 Å². The van der Waals surface area contributed by atoms with Gasteiger partial charge < -0.3 is 52.1 Å². The molecule has 11 heteroatoms. The van der Waals surface area contributed by atoms with Crippen molar-refractivity contribution in [3.63, 3.8) is 0 Å². The smallest absolute Gasteiger partial charge is 0.111 e. The summed E-state index contributed by atoms with van der Waals surface area (Å²) >= 11 is 0. The third-order valence-electron chi connectivity index (χ3n) is 4.70. The quantitative estimate of drug-likeness (QED) is 0.0853. The Labute approximate surface area is 230 Å². The molecule has 228 valence electrons. The standard InChI is InChI=1S/C27H54O11/c1-3-5-6-7-29-10-11-31-14-15-33-18-19-35-22-23-37-26-27-38-25-24-36-21-20-34-17-16-32-13-12-30-9-8-28-4-2/h4H,2-3,5-27H2,1H3. The minimum absolute atomic E-state index is 0.506. The van der Waals surface area contributed by atoms with E-state index in [1.807, 2.05) is 0 Å². The Morgan fingerprint density at radius 2 is 0.579 bits per heavy atom. The van der Waals surface area contributed by atoms with Crippen LogP contribution in [0.2, 0.25) is 0 Å². The van der Waals surface area contributed by atoms with E-state index in [9.17, 15) is 0 Å². The molecular formula is C27H54O11. The Balaban J connectivity index is 3.01. The molecule has 0 aliphatic heterocycles. The Morgan fingerprint density at radius 3 is 0.816 bits per heavy atom. The van der Waals surface area contributed by atoms with Crippen molar-refractivity contribution >= 4 is 0 Å². The molecule has 0 saturated heterocycles. The number of hydrogen-bond acceptors (Lipinski definition) is 11. The predicted molar refractivity (Wildman–Crippen MR) is 144 cm³/mol. The maximum Gasteiger partial charge on any atom is 0.111 e. The SMILES string of the molecule is C=COCCOCCOCCOCCOCCOCCOCCOCCOCCOCCOCCCCC. The van der Waals surface area contributed by atoms with Gasteiger partial charge in [-0.15, -0.1) is 0 Å². The molecule has 0 aliphatic carbocycles. The van der Waals surface area contributed by atoms with Gasteiger partial charge in [0.05, 0.1) is 132 Å². The van der Waals surface area contributed by atoms with E-state index in [2.05, 4.69) is 13.5 Å². The summed E-state index contributed by atoms with van der Waals surface area (Å²) in [6.07, 6.45) is 4.95. The van der Waals surface area contributed by atoms with E-state index in [4.69, 9.17) is 52.1 Å². The first-order valence-corrected chi connectivity index (χ1v) is 13.9. The zero-order valence-electron chi connectivity index (χ0n) is 23.7. The lowest BCUT2D eigenvalue weighted by Crippen LogP contribution is -2.15. The van der Waals surface area contributed by atoms with Crippen molar-refractivity contribution in [1.29, 1.82) is 0 Å². The van der Waals surface area contributed by atoms with Crippen LogP contribution in [0.15, 0.2) is 12.8 Å². The lowest BCUT2D eigenvalue weighted by Gasteiger charge is -2.09. The fourth-order valence-electron chi connectivity index (χ4n) is 2.73. The molecule has 38 heavy (non-hydrogen) atoms. The molecule has 0 N–H and O–H groups in total. The van der Waals surface area contributed by atoms with Crippen LogP contribution >= 0.6 is 0 Å². The molecule has 0 bridgehead atoms. The second-order valence-electron chi connectivity index (χ2n) is 7.87. The van der Waals surface area contributed by atoms with Crippen molar-refractivity contribution in [3.8, 4) is 0 Å². The van der Waals surface area contributed by atoms with Crippen LogP contribution in [0.1, 0.15) is 26.2 Å². The fraction of sp³-hybridized carbons (Fsp3) is 0.926. The Hall–Kier alpha value is -0.860. The highest BCUT2D eigenvalue weighted by Gasteiger charge is 1.96. The maximum atomic E-state index is 5.47. The third kappa shape index (κ3) is 35.1. The van der Waals surface area contributed by atoms with Crippen LogP contribution in [0.5, 0.6) is 0 Å². The molecule has 0 radical (unpaired) electrons. The van der Waals surface area contributed by atoms with Gasteiger partial charge in [0, 0.05) is 6.61 Å². The summed E-state index contributed by atoms with van der Waals surface area (Å²) in [4.78, 5) is 0. The van der Waals surface area contributed by atoms with Crippen LogP contribution in [0.25, 0.3) is 0 Å². The van der Waals surface area contributed by atoms with Crippen molar-refractivity contribution in [1.82, 2.24) is 0 Å². The summed E-state index contributed by atoms with van der Waals surface area (Å²) in [5.74, 6) is 0. The Kier molecular flexibility index (Phi) is 35.3. The monoisotopic (exact) mass is 554 g/mol. The molecule has 0 atom stereocenters. The van der Waals surface area contributed by atoms with E-state index in [1.54, 1.807) is 0 Å². The van der Waals surface area contributed by atoms with E-state index in [-0.39, 0.29) is 0 Å². The summed E-state index contributed by atoms with van der Waals surface area (Å²) in [5, 5.41) is 0. The Morgan fingerprint density at radius 1 is 0.342 bits per heavy atom. The van der Waals surface area contributed by atoms with Gasteiger partial charge in [-0.05, 0) is 6.42 Å². The molecule has 0 aromatic carbocycles. The molecule has 0 aromatic heterocycles. The van der Waals surface area contributed by atoms with Crippen LogP contribution in [0.3, 0.4) is 0 Å².